The van der Waals surface area contributed by atoms with Crippen LogP contribution >= 0.6 is 11.8 Å². The van der Waals surface area contributed by atoms with Crippen molar-refractivity contribution < 1.29 is 9.53 Å². The van der Waals surface area contributed by atoms with Crippen molar-refractivity contribution in [3.63, 3.8) is 0 Å². The molecule has 4 nitrogen and oxygen atoms in total. The van der Waals surface area contributed by atoms with E-state index in [-0.39, 0.29) is 5.91 Å². The summed E-state index contributed by atoms with van der Waals surface area (Å²) >= 11 is 1.66. The first-order valence-corrected chi connectivity index (χ1v) is 10.6. The number of nitrogens with one attached hydrogen (secondary N) is 1. The fourth-order valence-electron chi connectivity index (χ4n) is 3.06. The topological polar surface area (TPSA) is 41.6 Å². The lowest BCUT2D eigenvalue weighted by Crippen LogP contribution is -2.35. The SMILES string of the molecule is Cc1ccccc1CSCC(=O)NCc1ccc(CN2CCOCC2)cc1. The highest BCUT2D eigenvalue weighted by atomic mass is 32.2. The summed E-state index contributed by atoms with van der Waals surface area (Å²) < 4.78 is 5.39. The van der Waals surface area contributed by atoms with Crippen LogP contribution in [0.2, 0.25) is 0 Å². The van der Waals surface area contributed by atoms with E-state index < -0.39 is 0 Å². The third kappa shape index (κ3) is 6.69. The zero-order valence-corrected chi connectivity index (χ0v) is 16.8. The molecule has 1 saturated heterocycles. The number of morpholine rings is 1. The van der Waals surface area contributed by atoms with Gasteiger partial charge in [-0.1, -0.05) is 48.5 Å². The van der Waals surface area contributed by atoms with Gasteiger partial charge in [0.25, 0.3) is 0 Å². The Morgan fingerprint density at radius 2 is 1.78 bits per heavy atom. The highest BCUT2D eigenvalue weighted by molar-refractivity contribution is 7.99. The van der Waals surface area contributed by atoms with Crippen molar-refractivity contribution in [3.05, 3.63) is 70.8 Å². The predicted molar refractivity (Wildman–Crippen MR) is 112 cm³/mol. The lowest BCUT2D eigenvalue weighted by molar-refractivity contribution is -0.118. The van der Waals surface area contributed by atoms with Gasteiger partial charge in [0.15, 0.2) is 0 Å². The van der Waals surface area contributed by atoms with Crippen molar-refractivity contribution in [1.29, 1.82) is 0 Å². The monoisotopic (exact) mass is 384 g/mol. The number of aryl methyl sites for hydroxylation is 1. The van der Waals surface area contributed by atoms with E-state index in [9.17, 15) is 4.79 Å². The number of thioether (sulfide) groups is 1. The summed E-state index contributed by atoms with van der Waals surface area (Å²) in [5.74, 6) is 1.45. The number of carbonyl (C=O) groups excluding carboxylic acids is 1. The molecule has 27 heavy (non-hydrogen) atoms. The third-order valence-electron chi connectivity index (χ3n) is 4.77. The molecule has 0 radical (unpaired) electrons. The molecule has 1 heterocycles. The van der Waals surface area contributed by atoms with Crippen molar-refractivity contribution >= 4 is 17.7 Å². The number of carbonyl (C=O) groups is 1. The molecule has 1 N–H and O–H groups in total. The molecule has 0 bridgehead atoms. The molecule has 1 fully saturated rings. The molecule has 0 atom stereocenters. The lowest BCUT2D eigenvalue weighted by Gasteiger charge is -2.26. The van der Waals surface area contributed by atoms with Crippen molar-refractivity contribution in [2.24, 2.45) is 0 Å². The van der Waals surface area contributed by atoms with Gasteiger partial charge in [-0.15, -0.1) is 11.8 Å². The van der Waals surface area contributed by atoms with Gasteiger partial charge in [0.1, 0.15) is 0 Å². The van der Waals surface area contributed by atoms with Crippen LogP contribution in [0, 0.1) is 6.92 Å². The van der Waals surface area contributed by atoms with E-state index in [0.29, 0.717) is 12.3 Å². The van der Waals surface area contributed by atoms with Gasteiger partial charge in [0, 0.05) is 31.9 Å². The zero-order valence-electron chi connectivity index (χ0n) is 15.9. The Balaban J connectivity index is 1.36. The molecule has 2 aromatic carbocycles. The van der Waals surface area contributed by atoms with E-state index in [1.165, 1.54) is 16.7 Å². The predicted octanol–water partition coefficient (Wildman–Crippen LogP) is 3.38. The first-order valence-electron chi connectivity index (χ1n) is 9.47. The second kappa shape index (κ2) is 10.5. The smallest absolute Gasteiger partial charge is 0.230 e. The second-order valence-electron chi connectivity index (χ2n) is 6.90. The maximum atomic E-state index is 12.1. The Bertz CT molecular complexity index is 727. The zero-order chi connectivity index (χ0) is 18.9. The van der Waals surface area contributed by atoms with Crippen LogP contribution in [0.25, 0.3) is 0 Å². The van der Waals surface area contributed by atoms with Gasteiger partial charge in [-0.25, -0.2) is 0 Å². The van der Waals surface area contributed by atoms with Crippen LogP contribution in [-0.4, -0.2) is 42.9 Å². The van der Waals surface area contributed by atoms with Crippen molar-refractivity contribution in [1.82, 2.24) is 10.2 Å². The van der Waals surface area contributed by atoms with Gasteiger partial charge in [-0.2, -0.15) is 0 Å². The third-order valence-corrected chi connectivity index (χ3v) is 5.76. The van der Waals surface area contributed by atoms with Crippen molar-refractivity contribution in [2.75, 3.05) is 32.1 Å². The average molecular weight is 385 g/mol. The van der Waals surface area contributed by atoms with Gasteiger partial charge in [0.05, 0.1) is 19.0 Å². The maximum absolute atomic E-state index is 12.1. The summed E-state index contributed by atoms with van der Waals surface area (Å²) in [7, 11) is 0. The Kier molecular flexibility index (Phi) is 7.75. The van der Waals surface area contributed by atoms with E-state index >= 15 is 0 Å². The van der Waals surface area contributed by atoms with Gasteiger partial charge in [-0.3, -0.25) is 9.69 Å². The van der Waals surface area contributed by atoms with Crippen LogP contribution in [0.1, 0.15) is 22.3 Å². The Morgan fingerprint density at radius 1 is 1.07 bits per heavy atom. The minimum absolute atomic E-state index is 0.0889. The molecule has 144 valence electrons. The number of ether oxygens (including phenoxy) is 1. The summed E-state index contributed by atoms with van der Waals surface area (Å²) in [4.78, 5) is 14.5. The van der Waals surface area contributed by atoms with Crippen LogP contribution in [-0.2, 0) is 28.4 Å². The number of hydrogen-bond donors (Lipinski definition) is 1. The summed E-state index contributed by atoms with van der Waals surface area (Å²) in [5, 5.41) is 3.01. The first-order chi connectivity index (χ1) is 13.2. The molecular formula is C22H28N2O2S. The number of hydrogen-bond acceptors (Lipinski definition) is 4. The molecule has 1 amide bonds. The Labute approximate surface area is 166 Å². The average Bonchev–Trinajstić information content (AvgIpc) is 2.70. The first kappa shape index (κ1) is 19.9. The summed E-state index contributed by atoms with van der Waals surface area (Å²) in [6, 6.07) is 16.9. The molecule has 0 spiro atoms. The van der Waals surface area contributed by atoms with Gasteiger partial charge in [-0.05, 0) is 29.2 Å². The van der Waals surface area contributed by atoms with E-state index in [1.807, 2.05) is 12.1 Å². The van der Waals surface area contributed by atoms with Crippen molar-refractivity contribution in [3.8, 4) is 0 Å². The van der Waals surface area contributed by atoms with Gasteiger partial charge < -0.3 is 10.1 Å². The number of rotatable bonds is 8. The van der Waals surface area contributed by atoms with Crippen LogP contribution in [0.4, 0.5) is 0 Å². The Hall–Kier alpha value is -1.82. The fraction of sp³-hybridized carbons (Fsp3) is 0.409. The molecule has 5 heteroatoms. The second-order valence-corrected chi connectivity index (χ2v) is 7.89. The molecular weight excluding hydrogens is 356 g/mol. The van der Waals surface area contributed by atoms with Crippen molar-refractivity contribution in [2.45, 2.75) is 25.8 Å². The fourth-order valence-corrected chi connectivity index (χ4v) is 3.99. The highest BCUT2D eigenvalue weighted by Gasteiger charge is 2.10. The van der Waals surface area contributed by atoms with Crippen LogP contribution in [0.3, 0.4) is 0 Å². The standard InChI is InChI=1S/C22H28N2O2S/c1-18-4-2-3-5-21(18)16-27-17-22(25)23-14-19-6-8-20(9-7-19)15-24-10-12-26-13-11-24/h2-9H,10-17H2,1H3,(H,23,25). The molecule has 0 aliphatic carbocycles. The maximum Gasteiger partial charge on any atom is 0.230 e. The van der Waals surface area contributed by atoms with E-state index in [0.717, 1.165) is 44.2 Å². The molecule has 0 unspecified atom stereocenters. The normalized spacial score (nSPS) is 14.9. The Morgan fingerprint density at radius 3 is 2.52 bits per heavy atom. The van der Waals surface area contributed by atoms with E-state index in [1.54, 1.807) is 11.8 Å². The molecule has 1 aliphatic rings. The van der Waals surface area contributed by atoms with Crippen LogP contribution in [0.5, 0.6) is 0 Å². The molecule has 2 aromatic rings. The van der Waals surface area contributed by atoms with Gasteiger partial charge >= 0.3 is 0 Å². The molecule has 1 aliphatic heterocycles. The summed E-state index contributed by atoms with van der Waals surface area (Å²) in [6.07, 6.45) is 0. The lowest BCUT2D eigenvalue weighted by atomic mass is 10.1. The minimum atomic E-state index is 0.0889. The summed E-state index contributed by atoms with van der Waals surface area (Å²) in [5.41, 5.74) is 5.02. The minimum Gasteiger partial charge on any atom is -0.379 e. The molecule has 0 saturated carbocycles. The van der Waals surface area contributed by atoms with E-state index in [2.05, 4.69) is 53.5 Å². The van der Waals surface area contributed by atoms with Crippen LogP contribution < -0.4 is 5.32 Å². The number of benzene rings is 2. The van der Waals surface area contributed by atoms with Gasteiger partial charge in [0.2, 0.25) is 5.91 Å². The number of amides is 1. The van der Waals surface area contributed by atoms with Crippen LogP contribution in [0.15, 0.2) is 48.5 Å². The number of nitrogens with zero attached hydrogens (tertiary/aromatic N) is 1. The largest absolute Gasteiger partial charge is 0.379 e. The summed E-state index contributed by atoms with van der Waals surface area (Å²) in [6.45, 7) is 7.31. The molecule has 0 aromatic heterocycles. The quantitative estimate of drug-likeness (QED) is 0.758. The van der Waals surface area contributed by atoms with E-state index in [4.69, 9.17) is 4.74 Å². The molecule has 3 rings (SSSR count). The highest BCUT2D eigenvalue weighted by Crippen LogP contribution is 2.15.